The Morgan fingerprint density at radius 2 is 1.83 bits per heavy atom. The molecule has 0 amide bonds. The van der Waals surface area contributed by atoms with Crippen LogP contribution in [0.3, 0.4) is 0 Å². The lowest BCUT2D eigenvalue weighted by Gasteiger charge is -2.39. The highest BCUT2D eigenvalue weighted by Crippen LogP contribution is 2.32. The standard InChI is InChI=1S/C23H26N2O3S2/c1-28-22-7-5-6-21(16-22)25(30(26,27)23-8-3-2-4-9-23)20-10-13-24(14-11-20)17-19-12-15-29-18-19/h2-9,12,15-16,18,20H,10-11,13-14,17H2,1H3. The number of anilines is 1. The Labute approximate surface area is 182 Å². The fourth-order valence-electron chi connectivity index (χ4n) is 3.95. The van der Waals surface area contributed by atoms with Crippen LogP contribution in [0, 0.1) is 0 Å². The van der Waals surface area contributed by atoms with E-state index >= 15 is 0 Å². The van der Waals surface area contributed by atoms with Crippen LogP contribution in [-0.4, -0.2) is 39.6 Å². The van der Waals surface area contributed by atoms with Crippen molar-refractivity contribution in [1.82, 2.24) is 4.90 Å². The van der Waals surface area contributed by atoms with Gasteiger partial charge >= 0.3 is 0 Å². The molecule has 0 atom stereocenters. The van der Waals surface area contributed by atoms with Crippen LogP contribution in [0.25, 0.3) is 0 Å². The average Bonchev–Trinajstić information content (AvgIpc) is 3.29. The van der Waals surface area contributed by atoms with Crippen LogP contribution in [0.1, 0.15) is 18.4 Å². The lowest BCUT2D eigenvalue weighted by atomic mass is 10.0. The fraction of sp³-hybridized carbons (Fsp3) is 0.304. The number of thiophene rings is 1. The summed E-state index contributed by atoms with van der Waals surface area (Å²) in [6, 6.07) is 18.1. The number of ether oxygens (including phenoxy) is 1. The molecule has 2 heterocycles. The summed E-state index contributed by atoms with van der Waals surface area (Å²) in [6.07, 6.45) is 1.57. The van der Waals surface area contributed by atoms with E-state index in [1.165, 1.54) is 5.56 Å². The van der Waals surface area contributed by atoms with E-state index in [9.17, 15) is 8.42 Å². The molecule has 0 unspecified atom stereocenters. The summed E-state index contributed by atoms with van der Waals surface area (Å²) in [4.78, 5) is 2.71. The van der Waals surface area contributed by atoms with Gasteiger partial charge in [-0.3, -0.25) is 9.21 Å². The predicted molar refractivity (Wildman–Crippen MR) is 122 cm³/mol. The van der Waals surface area contributed by atoms with Gasteiger partial charge in [-0.05, 0) is 59.5 Å². The largest absolute Gasteiger partial charge is 0.497 e. The SMILES string of the molecule is COc1cccc(N(C2CCN(Cc3ccsc3)CC2)S(=O)(=O)c2ccccc2)c1. The second-order valence-corrected chi connectivity index (χ2v) is 10.0. The number of likely N-dealkylation sites (tertiary alicyclic amines) is 1. The summed E-state index contributed by atoms with van der Waals surface area (Å²) < 4.78 is 34.2. The van der Waals surface area contributed by atoms with E-state index in [-0.39, 0.29) is 6.04 Å². The zero-order valence-electron chi connectivity index (χ0n) is 17.0. The molecule has 0 radical (unpaired) electrons. The number of piperidine rings is 1. The van der Waals surface area contributed by atoms with Crippen LogP contribution in [0.2, 0.25) is 0 Å². The minimum Gasteiger partial charge on any atom is -0.497 e. The van der Waals surface area contributed by atoms with E-state index in [1.807, 2.05) is 24.3 Å². The Morgan fingerprint density at radius 1 is 1.07 bits per heavy atom. The molecule has 0 bridgehead atoms. The molecule has 2 aromatic carbocycles. The topological polar surface area (TPSA) is 49.9 Å². The smallest absolute Gasteiger partial charge is 0.264 e. The molecule has 7 heteroatoms. The number of nitrogens with zero attached hydrogens (tertiary/aromatic N) is 2. The number of sulfonamides is 1. The summed E-state index contributed by atoms with van der Waals surface area (Å²) in [5.41, 5.74) is 1.97. The van der Waals surface area contributed by atoms with Gasteiger partial charge in [0.1, 0.15) is 5.75 Å². The van der Waals surface area contributed by atoms with Crippen molar-refractivity contribution >= 4 is 27.0 Å². The van der Waals surface area contributed by atoms with Crippen molar-refractivity contribution in [3.8, 4) is 5.75 Å². The van der Waals surface area contributed by atoms with Gasteiger partial charge in [0.05, 0.1) is 17.7 Å². The van der Waals surface area contributed by atoms with Gasteiger partial charge in [0.2, 0.25) is 0 Å². The molecule has 158 valence electrons. The van der Waals surface area contributed by atoms with Crippen LogP contribution in [-0.2, 0) is 16.6 Å². The average molecular weight is 443 g/mol. The van der Waals surface area contributed by atoms with Crippen LogP contribution >= 0.6 is 11.3 Å². The summed E-state index contributed by atoms with van der Waals surface area (Å²) in [7, 11) is -2.09. The lowest BCUT2D eigenvalue weighted by Crippen LogP contribution is -2.47. The van der Waals surface area contributed by atoms with Crippen molar-refractivity contribution in [3.63, 3.8) is 0 Å². The summed E-state index contributed by atoms with van der Waals surface area (Å²) in [6.45, 7) is 2.65. The van der Waals surface area contributed by atoms with Gasteiger partial charge in [-0.2, -0.15) is 11.3 Å². The molecule has 1 fully saturated rings. The lowest BCUT2D eigenvalue weighted by molar-refractivity contribution is 0.207. The van der Waals surface area contributed by atoms with Crippen LogP contribution < -0.4 is 9.04 Å². The molecule has 30 heavy (non-hydrogen) atoms. The molecule has 1 aromatic heterocycles. The van der Waals surface area contributed by atoms with Crippen molar-refractivity contribution in [1.29, 1.82) is 0 Å². The zero-order valence-corrected chi connectivity index (χ0v) is 18.6. The number of methoxy groups -OCH3 is 1. The maximum Gasteiger partial charge on any atom is 0.264 e. The third-order valence-corrected chi connectivity index (χ3v) is 8.11. The molecular formula is C23H26N2O3S2. The van der Waals surface area contributed by atoms with Gasteiger partial charge in [0.25, 0.3) is 10.0 Å². The third kappa shape index (κ3) is 4.53. The zero-order chi connectivity index (χ0) is 21.0. The van der Waals surface area contributed by atoms with E-state index in [0.717, 1.165) is 32.5 Å². The Bertz CT molecular complexity index is 1050. The maximum atomic E-state index is 13.6. The fourth-order valence-corrected chi connectivity index (χ4v) is 6.33. The summed E-state index contributed by atoms with van der Waals surface area (Å²) >= 11 is 1.71. The Balaban J connectivity index is 1.61. The maximum absolute atomic E-state index is 13.6. The van der Waals surface area contributed by atoms with Crippen molar-refractivity contribution in [2.45, 2.75) is 30.3 Å². The van der Waals surface area contributed by atoms with Gasteiger partial charge in [0.15, 0.2) is 0 Å². The molecule has 1 aliphatic rings. The van der Waals surface area contributed by atoms with Gasteiger partial charge in [0, 0.05) is 31.7 Å². The van der Waals surface area contributed by atoms with E-state index in [0.29, 0.717) is 16.3 Å². The van der Waals surface area contributed by atoms with Crippen molar-refractivity contribution in [3.05, 3.63) is 77.0 Å². The Hall–Kier alpha value is -2.35. The Morgan fingerprint density at radius 3 is 2.50 bits per heavy atom. The van der Waals surface area contributed by atoms with Crippen molar-refractivity contribution < 1.29 is 13.2 Å². The molecule has 0 saturated carbocycles. The van der Waals surface area contributed by atoms with Gasteiger partial charge < -0.3 is 4.74 Å². The van der Waals surface area contributed by atoms with E-state index in [2.05, 4.69) is 21.7 Å². The highest BCUT2D eigenvalue weighted by atomic mass is 32.2. The van der Waals surface area contributed by atoms with Crippen LogP contribution in [0.4, 0.5) is 5.69 Å². The first-order chi connectivity index (χ1) is 14.6. The minimum atomic E-state index is -3.69. The molecule has 5 nitrogen and oxygen atoms in total. The first-order valence-electron chi connectivity index (χ1n) is 10.0. The molecule has 3 aromatic rings. The predicted octanol–water partition coefficient (Wildman–Crippen LogP) is 4.62. The van der Waals surface area contributed by atoms with Crippen molar-refractivity contribution in [2.75, 3.05) is 24.5 Å². The second-order valence-electron chi connectivity index (χ2n) is 7.45. The second kappa shape index (κ2) is 9.20. The molecule has 0 spiro atoms. The molecule has 0 N–H and O–H groups in total. The van der Waals surface area contributed by atoms with E-state index in [4.69, 9.17) is 4.74 Å². The van der Waals surface area contributed by atoms with Crippen LogP contribution in [0.5, 0.6) is 5.75 Å². The van der Waals surface area contributed by atoms with Crippen molar-refractivity contribution in [2.24, 2.45) is 0 Å². The number of hydrogen-bond donors (Lipinski definition) is 0. The number of benzene rings is 2. The van der Waals surface area contributed by atoms with E-state index < -0.39 is 10.0 Å². The molecule has 1 aliphatic heterocycles. The Kier molecular flexibility index (Phi) is 6.41. The normalized spacial score (nSPS) is 15.8. The van der Waals surface area contributed by atoms with Crippen LogP contribution in [0.15, 0.2) is 76.3 Å². The first kappa shape index (κ1) is 20.9. The van der Waals surface area contributed by atoms with Gasteiger partial charge in [-0.25, -0.2) is 8.42 Å². The number of rotatable bonds is 7. The highest BCUT2D eigenvalue weighted by Gasteiger charge is 2.34. The first-order valence-corrected chi connectivity index (χ1v) is 12.4. The monoisotopic (exact) mass is 442 g/mol. The minimum absolute atomic E-state index is 0.0963. The molecule has 4 rings (SSSR count). The summed E-state index contributed by atoms with van der Waals surface area (Å²) in [5, 5.41) is 4.27. The number of hydrogen-bond acceptors (Lipinski definition) is 5. The molecule has 1 saturated heterocycles. The van der Waals surface area contributed by atoms with Gasteiger partial charge in [-0.15, -0.1) is 0 Å². The molecule has 0 aliphatic carbocycles. The quantitative estimate of drug-likeness (QED) is 0.536. The highest BCUT2D eigenvalue weighted by molar-refractivity contribution is 7.92. The molecular weight excluding hydrogens is 416 g/mol. The third-order valence-electron chi connectivity index (χ3n) is 5.48. The van der Waals surface area contributed by atoms with E-state index in [1.54, 1.807) is 53.1 Å². The summed E-state index contributed by atoms with van der Waals surface area (Å²) in [5.74, 6) is 0.649. The van der Waals surface area contributed by atoms with Gasteiger partial charge in [-0.1, -0.05) is 24.3 Å².